The van der Waals surface area contributed by atoms with E-state index < -0.39 is 0 Å². The number of nitrogens with two attached hydrogens (primary N) is 1. The van der Waals surface area contributed by atoms with Gasteiger partial charge >= 0.3 is 68.9 Å². The number of hydrogen-bond donors (Lipinski definition) is 2. The molecule has 0 spiro atoms. The number of nitrogens with zero attached hydrogens (tertiary/aromatic N) is 3. The minimum absolute atomic E-state index is 0. The minimum Gasteiger partial charge on any atom is -0.451 e. The maximum atomic E-state index is 5.95. The van der Waals surface area contributed by atoms with Crippen molar-refractivity contribution in [3.05, 3.63) is 50.9 Å². The molecule has 0 aliphatic carbocycles. The van der Waals surface area contributed by atoms with Crippen molar-refractivity contribution in [2.75, 3.05) is 5.73 Å². The number of rotatable bonds is 1. The molecule has 2 aromatic heterocycles. The Labute approximate surface area is 182 Å². The number of aromatic nitrogens is 4. The van der Waals surface area contributed by atoms with E-state index in [9.17, 15) is 0 Å². The van der Waals surface area contributed by atoms with Gasteiger partial charge in [-0.2, -0.15) is 11.6 Å². The van der Waals surface area contributed by atoms with Crippen molar-refractivity contribution in [3.8, 4) is 11.3 Å². The third-order valence-electron chi connectivity index (χ3n) is 2.48. The number of anilines is 1. The average molecular weight is 408 g/mol. The zero-order valence-electron chi connectivity index (χ0n) is 11.6. The Bertz CT molecular complexity index is 698. The fourth-order valence-electron chi connectivity index (χ4n) is 1.66. The number of halogens is 1. The van der Waals surface area contributed by atoms with Gasteiger partial charge in [0.1, 0.15) is 12.1 Å². The predicted molar refractivity (Wildman–Crippen MR) is 78.2 cm³/mol. The first kappa shape index (κ1) is 19.9. The third-order valence-corrected chi connectivity index (χ3v) is 2.76. The fourth-order valence-corrected chi connectivity index (χ4v) is 1.85. The third kappa shape index (κ3) is 3.76. The SMILES string of the molecule is Nc1ncnc2cc(-c3n[c-][nH]c3Cl)ccc12.[CH3-].[CH3-].[Cs+]. The number of nitrogens with one attached hydrogen (secondary N) is 1. The van der Waals surface area contributed by atoms with E-state index in [4.69, 9.17) is 17.3 Å². The molecular weight excluding hydrogens is 395 g/mol. The van der Waals surface area contributed by atoms with Gasteiger partial charge in [0.25, 0.3) is 0 Å². The van der Waals surface area contributed by atoms with Crippen LogP contribution in [-0.2, 0) is 0 Å². The molecule has 0 saturated carbocycles. The summed E-state index contributed by atoms with van der Waals surface area (Å²) in [4.78, 5) is 14.8. The van der Waals surface area contributed by atoms with E-state index in [0.29, 0.717) is 16.7 Å². The van der Waals surface area contributed by atoms with Crippen molar-refractivity contribution in [2.24, 2.45) is 0 Å². The molecule has 0 saturated heterocycles. The average Bonchev–Trinajstić information content (AvgIpc) is 2.75. The Hall–Kier alpha value is -0.0881. The number of hydrogen-bond acceptors (Lipinski definition) is 4. The summed E-state index contributed by atoms with van der Waals surface area (Å²) in [5, 5.41) is 1.26. The maximum Gasteiger partial charge on any atom is 1.00 e. The molecule has 7 heteroatoms. The van der Waals surface area contributed by atoms with E-state index in [1.54, 1.807) is 0 Å². The van der Waals surface area contributed by atoms with Gasteiger partial charge in [-0.15, -0.1) is 0 Å². The Kier molecular flexibility index (Phi) is 8.34. The Morgan fingerprint density at radius 1 is 1.20 bits per heavy atom. The van der Waals surface area contributed by atoms with Gasteiger partial charge in [0.15, 0.2) is 0 Å². The molecule has 3 rings (SSSR count). The van der Waals surface area contributed by atoms with E-state index in [1.807, 2.05) is 18.2 Å². The quantitative estimate of drug-likeness (QED) is 0.555. The summed E-state index contributed by atoms with van der Waals surface area (Å²) >= 11 is 5.95. The molecule has 3 N–H and O–H groups in total. The molecule has 3 aromatic rings. The van der Waals surface area contributed by atoms with Crippen molar-refractivity contribution in [1.29, 1.82) is 0 Å². The Balaban J connectivity index is 0.00000120. The zero-order chi connectivity index (χ0) is 11.8. The molecule has 0 radical (unpaired) electrons. The number of H-pyrrole nitrogens is 1. The van der Waals surface area contributed by atoms with E-state index in [0.717, 1.165) is 16.5 Å². The molecule has 0 fully saturated rings. The van der Waals surface area contributed by atoms with Crippen LogP contribution >= 0.6 is 11.6 Å². The van der Waals surface area contributed by atoms with Crippen LogP contribution in [0.4, 0.5) is 5.82 Å². The smallest absolute Gasteiger partial charge is 0.451 e. The number of nitrogen functional groups attached to an aromatic ring is 1. The molecule has 2 heterocycles. The standard InChI is InChI=1S/C11H7ClN5.2CH3.Cs/c12-10-9(15-5-16-10)6-1-2-7-8(3-6)14-4-17-11(7)13;;;/h1-4H,(H,15,16)(H2,13,14,17);2*1H3;/q3*-1;+1. The molecule has 0 amide bonds. The topological polar surface area (TPSA) is 80.5 Å². The van der Waals surface area contributed by atoms with Crippen molar-refractivity contribution >= 4 is 28.3 Å². The van der Waals surface area contributed by atoms with Crippen LogP contribution in [-0.4, -0.2) is 19.9 Å². The molecule has 100 valence electrons. The molecular formula is C13H13ClCsN5-2. The van der Waals surface area contributed by atoms with E-state index in [2.05, 4.69) is 26.3 Å². The van der Waals surface area contributed by atoms with Gasteiger partial charge in [-0.05, 0) is 23.6 Å². The summed E-state index contributed by atoms with van der Waals surface area (Å²) in [5.41, 5.74) is 8.01. The van der Waals surface area contributed by atoms with Crippen LogP contribution in [0.25, 0.3) is 22.2 Å². The fraction of sp³-hybridized carbons (Fsp3) is 0. The van der Waals surface area contributed by atoms with Crippen LogP contribution in [0.15, 0.2) is 24.5 Å². The largest absolute Gasteiger partial charge is 1.00 e. The number of imidazole rings is 1. The van der Waals surface area contributed by atoms with Crippen molar-refractivity contribution in [3.63, 3.8) is 0 Å². The first-order chi connectivity index (χ1) is 8.25. The minimum atomic E-state index is 0. The van der Waals surface area contributed by atoms with E-state index in [-0.39, 0.29) is 83.7 Å². The van der Waals surface area contributed by atoms with Crippen molar-refractivity contribution in [1.82, 2.24) is 19.9 Å². The summed E-state index contributed by atoms with van der Waals surface area (Å²) in [6, 6.07) is 5.59. The molecule has 0 unspecified atom stereocenters. The summed E-state index contributed by atoms with van der Waals surface area (Å²) in [6.45, 7) is 0. The number of fused-ring (bicyclic) bond motifs is 1. The first-order valence-corrected chi connectivity index (χ1v) is 5.25. The second-order valence-electron chi connectivity index (χ2n) is 3.50. The molecule has 1 aromatic carbocycles. The summed E-state index contributed by atoms with van der Waals surface area (Å²) in [6.07, 6.45) is 4.02. The summed E-state index contributed by atoms with van der Waals surface area (Å²) in [7, 11) is 0. The second-order valence-corrected chi connectivity index (χ2v) is 3.88. The normalized spacial score (nSPS) is 9.25. The van der Waals surface area contributed by atoms with Gasteiger partial charge in [-0.1, -0.05) is 17.3 Å². The van der Waals surface area contributed by atoms with Gasteiger partial charge in [0, 0.05) is 5.39 Å². The van der Waals surface area contributed by atoms with Crippen molar-refractivity contribution < 1.29 is 68.9 Å². The van der Waals surface area contributed by atoms with Gasteiger partial charge < -0.3 is 30.6 Å². The van der Waals surface area contributed by atoms with E-state index >= 15 is 0 Å². The van der Waals surface area contributed by atoms with Gasteiger partial charge in [0.05, 0.1) is 5.52 Å². The second kappa shape index (κ2) is 8.38. The Morgan fingerprint density at radius 2 is 1.95 bits per heavy atom. The molecule has 5 nitrogen and oxygen atoms in total. The monoisotopic (exact) mass is 407 g/mol. The zero-order valence-corrected chi connectivity index (χ0v) is 18.6. The first-order valence-electron chi connectivity index (χ1n) is 4.88. The van der Waals surface area contributed by atoms with Crippen molar-refractivity contribution in [2.45, 2.75) is 0 Å². The number of benzene rings is 1. The van der Waals surface area contributed by atoms with Gasteiger partial charge in [-0.25, -0.2) is 9.97 Å². The van der Waals surface area contributed by atoms with E-state index in [1.165, 1.54) is 6.33 Å². The van der Waals surface area contributed by atoms with Crippen LogP contribution in [0.2, 0.25) is 5.15 Å². The molecule has 0 bridgehead atoms. The van der Waals surface area contributed by atoms with Crippen LogP contribution in [0.3, 0.4) is 0 Å². The van der Waals surface area contributed by atoms with Gasteiger partial charge in [0.2, 0.25) is 0 Å². The molecule has 20 heavy (non-hydrogen) atoms. The molecule has 0 atom stereocenters. The summed E-state index contributed by atoms with van der Waals surface area (Å²) in [5.74, 6) is 0.459. The van der Waals surface area contributed by atoms with Crippen LogP contribution in [0, 0.1) is 21.2 Å². The predicted octanol–water partition coefficient (Wildman–Crippen LogP) is -0.0397. The number of aromatic amines is 1. The Morgan fingerprint density at radius 3 is 2.60 bits per heavy atom. The van der Waals surface area contributed by atoms with Crippen LogP contribution < -0.4 is 74.6 Å². The van der Waals surface area contributed by atoms with Gasteiger partial charge in [-0.3, -0.25) is 0 Å². The molecule has 0 aliphatic heterocycles. The summed E-state index contributed by atoms with van der Waals surface area (Å²) < 4.78 is 0. The molecule has 0 aliphatic rings. The maximum absolute atomic E-state index is 5.95. The van der Waals surface area contributed by atoms with Crippen LogP contribution in [0.5, 0.6) is 0 Å². The van der Waals surface area contributed by atoms with Crippen LogP contribution in [0.1, 0.15) is 0 Å².